The van der Waals surface area contributed by atoms with E-state index in [9.17, 15) is 22.8 Å². The van der Waals surface area contributed by atoms with Crippen molar-refractivity contribution in [1.82, 2.24) is 9.80 Å². The lowest BCUT2D eigenvalue weighted by atomic mass is 9.78. The Morgan fingerprint density at radius 1 is 1.07 bits per heavy atom. The van der Waals surface area contributed by atoms with E-state index in [2.05, 4.69) is 4.74 Å². The molecular formula is C18H27F3N2O4. The molecule has 0 unspecified atom stereocenters. The van der Waals surface area contributed by atoms with Gasteiger partial charge in [0.05, 0.1) is 6.61 Å². The van der Waals surface area contributed by atoms with Crippen LogP contribution in [0.3, 0.4) is 0 Å². The molecule has 6 nitrogen and oxygen atoms in total. The van der Waals surface area contributed by atoms with E-state index in [0.29, 0.717) is 32.5 Å². The van der Waals surface area contributed by atoms with Crippen molar-refractivity contribution in [3.63, 3.8) is 0 Å². The minimum atomic E-state index is -4.78. The molecule has 1 aliphatic carbocycles. The van der Waals surface area contributed by atoms with Crippen LogP contribution in [0, 0.1) is 11.3 Å². The van der Waals surface area contributed by atoms with Gasteiger partial charge in [-0.3, -0.25) is 4.79 Å². The number of aliphatic hydroxyl groups is 1. The number of alkyl halides is 3. The fraction of sp³-hybridized carbons (Fsp3) is 0.889. The van der Waals surface area contributed by atoms with Crippen LogP contribution in [0.2, 0.25) is 0 Å². The molecule has 154 valence electrons. The first-order valence-electron chi connectivity index (χ1n) is 9.66. The topological polar surface area (TPSA) is 70.1 Å². The van der Waals surface area contributed by atoms with Gasteiger partial charge in [-0.2, -0.15) is 13.2 Å². The average Bonchev–Trinajstić information content (AvgIpc) is 3.29. The van der Waals surface area contributed by atoms with E-state index in [1.807, 2.05) is 4.90 Å². The summed E-state index contributed by atoms with van der Waals surface area (Å²) in [4.78, 5) is 27.8. The lowest BCUT2D eigenvalue weighted by Gasteiger charge is -2.39. The summed E-state index contributed by atoms with van der Waals surface area (Å²) in [5, 5.41) is 8.79. The number of aliphatic hydroxyl groups excluding tert-OH is 1. The maximum Gasteiger partial charge on any atom is 0.427 e. The van der Waals surface area contributed by atoms with Crippen molar-refractivity contribution in [2.75, 3.05) is 32.8 Å². The van der Waals surface area contributed by atoms with Gasteiger partial charge in [0.15, 0.2) is 0 Å². The molecule has 2 saturated heterocycles. The van der Waals surface area contributed by atoms with Gasteiger partial charge in [-0.25, -0.2) is 4.79 Å². The molecule has 9 heteroatoms. The molecule has 3 rings (SSSR count). The number of halogens is 3. The number of likely N-dealkylation sites (tertiary alicyclic amines) is 2. The highest BCUT2D eigenvalue weighted by molar-refractivity contribution is 5.79. The fourth-order valence-corrected chi connectivity index (χ4v) is 4.53. The number of piperidine rings is 1. The van der Waals surface area contributed by atoms with E-state index in [1.165, 1.54) is 4.90 Å². The highest BCUT2D eigenvalue weighted by Gasteiger charge is 2.46. The third-order valence-corrected chi connectivity index (χ3v) is 6.31. The van der Waals surface area contributed by atoms with Gasteiger partial charge in [-0.05, 0) is 37.5 Å². The van der Waals surface area contributed by atoms with Crippen molar-refractivity contribution < 1.29 is 32.6 Å². The van der Waals surface area contributed by atoms with Gasteiger partial charge < -0.3 is 19.6 Å². The number of rotatable bonds is 3. The van der Waals surface area contributed by atoms with Crippen LogP contribution < -0.4 is 0 Å². The standard InChI is InChI=1S/C18H27F3N2O4/c19-18(20,21)14(11-24)27-16(26)22-8-5-17(6-9-22)7-10-23(12-17)15(25)13-3-1-2-4-13/h13-14,24H,1-12H2/t14-/m1/s1. The van der Waals surface area contributed by atoms with E-state index < -0.39 is 25.0 Å². The first kappa shape index (κ1) is 20.2. The van der Waals surface area contributed by atoms with Crippen molar-refractivity contribution >= 4 is 12.0 Å². The van der Waals surface area contributed by atoms with Crippen LogP contribution in [0.5, 0.6) is 0 Å². The predicted octanol–water partition coefficient (Wildman–Crippen LogP) is 2.55. The Kier molecular flexibility index (Phi) is 5.88. The fourth-order valence-electron chi connectivity index (χ4n) is 4.53. The van der Waals surface area contributed by atoms with Gasteiger partial charge in [-0.1, -0.05) is 12.8 Å². The first-order valence-corrected chi connectivity index (χ1v) is 9.66. The lowest BCUT2D eigenvalue weighted by Crippen LogP contribution is -2.47. The first-order chi connectivity index (χ1) is 12.7. The Bertz CT molecular complexity index is 555. The smallest absolute Gasteiger partial charge is 0.427 e. The SMILES string of the molecule is O=C(O[C@H](CO)C(F)(F)F)N1CCC2(CC1)CCN(C(=O)C1CCCC1)C2. The Labute approximate surface area is 156 Å². The van der Waals surface area contributed by atoms with Gasteiger partial charge >= 0.3 is 12.3 Å². The lowest BCUT2D eigenvalue weighted by molar-refractivity contribution is -0.215. The number of carbonyl (C=O) groups is 2. The second-order valence-corrected chi connectivity index (χ2v) is 8.07. The molecule has 2 amide bonds. The summed E-state index contributed by atoms with van der Waals surface area (Å²) in [6.45, 7) is 0.722. The molecule has 2 aliphatic heterocycles. The predicted molar refractivity (Wildman–Crippen MR) is 89.8 cm³/mol. The molecule has 3 fully saturated rings. The largest absolute Gasteiger partial charge is 0.434 e. The number of amides is 2. The Morgan fingerprint density at radius 3 is 2.15 bits per heavy atom. The normalized spacial score (nSPS) is 24.4. The highest BCUT2D eigenvalue weighted by atomic mass is 19.4. The molecule has 1 N–H and O–H groups in total. The maximum absolute atomic E-state index is 12.6. The van der Waals surface area contributed by atoms with Crippen molar-refractivity contribution in [2.24, 2.45) is 11.3 Å². The molecule has 0 aromatic rings. The molecule has 0 aromatic heterocycles. The van der Waals surface area contributed by atoms with Crippen LogP contribution in [0.25, 0.3) is 0 Å². The molecule has 27 heavy (non-hydrogen) atoms. The molecule has 1 saturated carbocycles. The molecule has 1 atom stereocenters. The number of carbonyl (C=O) groups excluding carboxylic acids is 2. The van der Waals surface area contributed by atoms with Gasteiger partial charge in [-0.15, -0.1) is 0 Å². The number of nitrogens with zero attached hydrogens (tertiary/aromatic N) is 2. The Hall–Kier alpha value is -1.51. The zero-order valence-electron chi connectivity index (χ0n) is 15.3. The van der Waals surface area contributed by atoms with Crippen molar-refractivity contribution in [3.8, 4) is 0 Å². The van der Waals surface area contributed by atoms with Crippen LogP contribution in [-0.4, -0.2) is 72.0 Å². The highest BCUT2D eigenvalue weighted by Crippen LogP contribution is 2.42. The van der Waals surface area contributed by atoms with E-state index in [4.69, 9.17) is 5.11 Å². The minimum Gasteiger partial charge on any atom is -0.434 e. The van der Waals surface area contributed by atoms with Crippen molar-refractivity contribution in [2.45, 2.75) is 57.2 Å². The zero-order valence-corrected chi connectivity index (χ0v) is 15.3. The summed E-state index contributed by atoms with van der Waals surface area (Å²) in [7, 11) is 0. The summed E-state index contributed by atoms with van der Waals surface area (Å²) < 4.78 is 42.4. The van der Waals surface area contributed by atoms with Crippen LogP contribution in [0.1, 0.15) is 44.9 Å². The quantitative estimate of drug-likeness (QED) is 0.802. The molecule has 0 aromatic carbocycles. The molecule has 3 aliphatic rings. The van der Waals surface area contributed by atoms with E-state index in [1.54, 1.807) is 0 Å². The summed E-state index contributed by atoms with van der Waals surface area (Å²) in [6.07, 6.45) is -2.01. The maximum atomic E-state index is 12.6. The van der Waals surface area contributed by atoms with Crippen molar-refractivity contribution in [1.29, 1.82) is 0 Å². The molecule has 0 bridgehead atoms. The number of hydrogen-bond donors (Lipinski definition) is 1. The Morgan fingerprint density at radius 2 is 1.63 bits per heavy atom. The van der Waals surface area contributed by atoms with Crippen LogP contribution in [-0.2, 0) is 9.53 Å². The van der Waals surface area contributed by atoms with E-state index in [0.717, 1.165) is 38.6 Å². The second kappa shape index (κ2) is 7.85. The monoisotopic (exact) mass is 392 g/mol. The summed E-state index contributed by atoms with van der Waals surface area (Å²) in [5.74, 6) is 0.384. The summed E-state index contributed by atoms with van der Waals surface area (Å²) in [5.41, 5.74) is -0.0501. The molecule has 0 radical (unpaired) electrons. The van der Waals surface area contributed by atoms with Crippen molar-refractivity contribution in [3.05, 3.63) is 0 Å². The van der Waals surface area contributed by atoms with Gasteiger partial charge in [0.1, 0.15) is 0 Å². The molecule has 2 heterocycles. The van der Waals surface area contributed by atoms with Gasteiger partial charge in [0.2, 0.25) is 12.0 Å². The van der Waals surface area contributed by atoms with Crippen LogP contribution in [0.4, 0.5) is 18.0 Å². The number of hydrogen-bond acceptors (Lipinski definition) is 4. The third-order valence-electron chi connectivity index (χ3n) is 6.31. The molecule has 1 spiro atoms. The average molecular weight is 392 g/mol. The minimum absolute atomic E-state index is 0.0501. The zero-order chi connectivity index (χ0) is 19.7. The number of ether oxygens (including phenoxy) is 1. The second-order valence-electron chi connectivity index (χ2n) is 8.07. The van der Waals surface area contributed by atoms with Gasteiger partial charge in [0.25, 0.3) is 0 Å². The van der Waals surface area contributed by atoms with Crippen LogP contribution in [0.15, 0.2) is 0 Å². The third kappa shape index (κ3) is 4.50. The van der Waals surface area contributed by atoms with E-state index >= 15 is 0 Å². The molecular weight excluding hydrogens is 365 g/mol. The van der Waals surface area contributed by atoms with Crippen LogP contribution >= 0.6 is 0 Å². The van der Waals surface area contributed by atoms with Gasteiger partial charge in [0, 0.05) is 32.1 Å². The van der Waals surface area contributed by atoms with E-state index in [-0.39, 0.29) is 17.2 Å². The summed E-state index contributed by atoms with van der Waals surface area (Å²) >= 11 is 0. The Balaban J connectivity index is 1.50. The summed E-state index contributed by atoms with van der Waals surface area (Å²) in [6, 6.07) is 0.